The van der Waals surface area contributed by atoms with Gasteiger partial charge < -0.3 is 0 Å². The molecular weight excluding hydrogens is 370 g/mol. The van der Waals surface area contributed by atoms with E-state index in [1.807, 2.05) is 0 Å². The van der Waals surface area contributed by atoms with Gasteiger partial charge in [0.25, 0.3) is 11.4 Å². The number of nitrogens with zero attached hydrogens (tertiary/aromatic N) is 3. The topological polar surface area (TPSA) is 98.6 Å². The number of nitro groups is 2. The number of rotatable bonds is 3. The predicted molar refractivity (Wildman–Crippen MR) is 102 cm³/mol. The van der Waals surface area contributed by atoms with Gasteiger partial charge >= 0.3 is 0 Å². The highest BCUT2D eigenvalue weighted by Crippen LogP contribution is 2.44. The van der Waals surface area contributed by atoms with E-state index in [1.165, 1.54) is 24.3 Å². The van der Waals surface area contributed by atoms with Gasteiger partial charge in [0.1, 0.15) is 0 Å². The highest BCUT2D eigenvalue weighted by atomic mass is 35.5. The van der Waals surface area contributed by atoms with E-state index in [0.717, 1.165) is 0 Å². The number of halogens is 1. The van der Waals surface area contributed by atoms with E-state index in [1.54, 1.807) is 36.4 Å². The molecule has 8 heteroatoms. The second-order valence-electron chi connectivity index (χ2n) is 5.88. The summed E-state index contributed by atoms with van der Waals surface area (Å²) in [5.41, 5.74) is 2.90. The maximum Gasteiger partial charge on any atom is 0.277 e. The molecule has 3 aromatic carbocycles. The highest BCUT2D eigenvalue weighted by Gasteiger charge is 2.32. The summed E-state index contributed by atoms with van der Waals surface area (Å²) >= 11 is 5.90. The maximum absolute atomic E-state index is 11.5. The van der Waals surface area contributed by atoms with Crippen LogP contribution in [0.15, 0.2) is 65.7 Å². The molecule has 0 aromatic heterocycles. The van der Waals surface area contributed by atoms with Crippen molar-refractivity contribution in [1.29, 1.82) is 0 Å². The van der Waals surface area contributed by atoms with Crippen molar-refractivity contribution in [2.75, 3.05) is 0 Å². The SMILES string of the molecule is O=[N+]([O-])c1ccc2c(c1)/C(=N/c1ccc(Cl)cc1)c1cccc([N+](=O)[O-])c1-2. The van der Waals surface area contributed by atoms with Crippen molar-refractivity contribution in [3.05, 3.63) is 97.0 Å². The van der Waals surface area contributed by atoms with E-state index >= 15 is 0 Å². The van der Waals surface area contributed by atoms with Crippen LogP contribution in [0.1, 0.15) is 11.1 Å². The fourth-order valence-corrected chi connectivity index (χ4v) is 3.27. The summed E-state index contributed by atoms with van der Waals surface area (Å²) in [5.74, 6) is 0. The second kappa shape index (κ2) is 6.30. The third-order valence-electron chi connectivity index (χ3n) is 4.30. The minimum atomic E-state index is -0.502. The van der Waals surface area contributed by atoms with E-state index in [2.05, 4.69) is 4.99 Å². The molecule has 7 nitrogen and oxygen atoms in total. The van der Waals surface area contributed by atoms with E-state index in [0.29, 0.717) is 38.7 Å². The molecule has 0 N–H and O–H groups in total. The zero-order valence-corrected chi connectivity index (χ0v) is 14.4. The lowest BCUT2D eigenvalue weighted by Crippen LogP contribution is -1.99. The first-order valence-corrected chi connectivity index (χ1v) is 8.25. The van der Waals surface area contributed by atoms with Gasteiger partial charge in [0.2, 0.25) is 0 Å². The fourth-order valence-electron chi connectivity index (χ4n) is 3.14. The monoisotopic (exact) mass is 379 g/mol. The van der Waals surface area contributed by atoms with Crippen LogP contribution in [-0.2, 0) is 0 Å². The van der Waals surface area contributed by atoms with Gasteiger partial charge in [-0.25, -0.2) is 4.99 Å². The van der Waals surface area contributed by atoms with Crippen molar-refractivity contribution in [3.8, 4) is 11.1 Å². The third-order valence-corrected chi connectivity index (χ3v) is 4.55. The van der Waals surface area contributed by atoms with Crippen LogP contribution in [0.3, 0.4) is 0 Å². The van der Waals surface area contributed by atoms with Gasteiger partial charge in [-0.1, -0.05) is 23.7 Å². The van der Waals surface area contributed by atoms with Crippen LogP contribution in [-0.4, -0.2) is 15.6 Å². The Bertz CT molecular complexity index is 1140. The highest BCUT2D eigenvalue weighted by molar-refractivity contribution is 6.30. The molecule has 0 unspecified atom stereocenters. The van der Waals surface area contributed by atoms with Crippen molar-refractivity contribution >= 4 is 34.4 Å². The van der Waals surface area contributed by atoms with Crippen LogP contribution in [0.5, 0.6) is 0 Å². The molecule has 0 fully saturated rings. The molecule has 0 bridgehead atoms. The fraction of sp³-hybridized carbons (Fsp3) is 0. The molecule has 0 radical (unpaired) electrons. The number of non-ortho nitro benzene ring substituents is 1. The Hall–Kier alpha value is -3.58. The zero-order valence-electron chi connectivity index (χ0n) is 13.6. The van der Waals surface area contributed by atoms with Crippen molar-refractivity contribution in [2.45, 2.75) is 0 Å². The number of fused-ring (bicyclic) bond motifs is 3. The van der Waals surface area contributed by atoms with E-state index in [4.69, 9.17) is 11.6 Å². The molecule has 0 heterocycles. The first kappa shape index (κ1) is 16.9. The van der Waals surface area contributed by atoms with Crippen LogP contribution < -0.4 is 0 Å². The number of hydrogen-bond donors (Lipinski definition) is 0. The van der Waals surface area contributed by atoms with Crippen molar-refractivity contribution in [3.63, 3.8) is 0 Å². The molecule has 0 aliphatic heterocycles. The zero-order chi connectivity index (χ0) is 19.1. The molecule has 0 saturated heterocycles. The molecule has 27 heavy (non-hydrogen) atoms. The minimum absolute atomic E-state index is 0.0658. The summed E-state index contributed by atoms with van der Waals surface area (Å²) < 4.78 is 0. The molecule has 4 rings (SSSR count). The average molecular weight is 380 g/mol. The molecule has 0 atom stereocenters. The van der Waals surface area contributed by atoms with Gasteiger partial charge in [0.15, 0.2) is 0 Å². The Morgan fingerprint density at radius 1 is 0.815 bits per heavy atom. The van der Waals surface area contributed by atoms with Gasteiger partial charge in [-0.3, -0.25) is 20.2 Å². The summed E-state index contributed by atoms with van der Waals surface area (Å²) in [6.45, 7) is 0. The largest absolute Gasteiger partial charge is 0.277 e. The Morgan fingerprint density at radius 2 is 1.56 bits per heavy atom. The Kier molecular flexibility index (Phi) is 3.93. The molecule has 132 valence electrons. The average Bonchev–Trinajstić information content (AvgIpc) is 2.96. The quantitative estimate of drug-likeness (QED) is 0.356. The summed E-state index contributed by atoms with van der Waals surface area (Å²) in [6.07, 6.45) is 0. The van der Waals surface area contributed by atoms with Crippen LogP contribution in [0.2, 0.25) is 5.02 Å². The second-order valence-corrected chi connectivity index (χ2v) is 6.32. The van der Waals surface area contributed by atoms with Gasteiger partial charge in [-0.15, -0.1) is 0 Å². The first-order valence-electron chi connectivity index (χ1n) is 7.87. The molecule has 0 saturated carbocycles. The molecule has 1 aliphatic rings. The maximum atomic E-state index is 11.5. The molecule has 1 aliphatic carbocycles. The molecule has 0 amide bonds. The molecule has 0 spiro atoms. The van der Waals surface area contributed by atoms with Gasteiger partial charge in [-0.2, -0.15) is 0 Å². The van der Waals surface area contributed by atoms with Gasteiger partial charge in [0.05, 0.1) is 26.8 Å². The number of aliphatic imine (C=N–C) groups is 1. The Morgan fingerprint density at radius 3 is 2.22 bits per heavy atom. The summed E-state index contributed by atoms with van der Waals surface area (Å²) in [4.78, 5) is 26.3. The molecule has 3 aromatic rings. The van der Waals surface area contributed by atoms with Crippen molar-refractivity contribution in [1.82, 2.24) is 0 Å². The first-order chi connectivity index (χ1) is 13.0. The third kappa shape index (κ3) is 2.84. The van der Waals surface area contributed by atoms with E-state index in [9.17, 15) is 20.2 Å². The normalized spacial score (nSPS) is 13.3. The number of nitro benzene ring substituents is 2. The van der Waals surface area contributed by atoms with Crippen molar-refractivity contribution < 1.29 is 9.85 Å². The van der Waals surface area contributed by atoms with Crippen LogP contribution in [0, 0.1) is 20.2 Å². The van der Waals surface area contributed by atoms with Gasteiger partial charge in [-0.05, 0) is 35.9 Å². The van der Waals surface area contributed by atoms with Gasteiger partial charge in [0, 0.05) is 34.3 Å². The van der Waals surface area contributed by atoms with Crippen LogP contribution in [0.25, 0.3) is 11.1 Å². The number of hydrogen-bond acceptors (Lipinski definition) is 5. The van der Waals surface area contributed by atoms with Crippen LogP contribution >= 0.6 is 11.6 Å². The van der Waals surface area contributed by atoms with Crippen LogP contribution in [0.4, 0.5) is 17.1 Å². The molecular formula is C19H10ClN3O4. The number of benzene rings is 3. The Labute approximate surface area is 157 Å². The summed E-state index contributed by atoms with van der Waals surface area (Å²) in [5, 5.41) is 23.2. The lowest BCUT2D eigenvalue weighted by Gasteiger charge is -2.03. The minimum Gasteiger partial charge on any atom is -0.258 e. The smallest absolute Gasteiger partial charge is 0.258 e. The van der Waals surface area contributed by atoms with Crippen molar-refractivity contribution in [2.24, 2.45) is 4.99 Å². The Balaban J connectivity index is 2.02. The lowest BCUT2D eigenvalue weighted by atomic mass is 10.0. The van der Waals surface area contributed by atoms with E-state index in [-0.39, 0.29) is 11.4 Å². The summed E-state index contributed by atoms with van der Waals surface area (Å²) in [7, 11) is 0. The van der Waals surface area contributed by atoms with E-state index < -0.39 is 9.85 Å². The predicted octanol–water partition coefficient (Wildman–Crippen LogP) is 5.31. The lowest BCUT2D eigenvalue weighted by molar-refractivity contribution is -0.385. The summed E-state index contributed by atoms with van der Waals surface area (Å²) in [6, 6.07) is 15.8. The standard InChI is InChI=1S/C19H10ClN3O4/c20-11-4-6-12(7-5-11)21-19-15-2-1-3-17(23(26)27)18(15)14-9-8-13(22(24)25)10-16(14)19/h1-10H/b21-19+.